The fourth-order valence-corrected chi connectivity index (χ4v) is 4.60. The van der Waals surface area contributed by atoms with Crippen molar-refractivity contribution in [2.24, 2.45) is 0 Å². The predicted octanol–water partition coefficient (Wildman–Crippen LogP) is 1.60. The van der Waals surface area contributed by atoms with Crippen LogP contribution < -0.4 is 0 Å². The van der Waals surface area contributed by atoms with E-state index in [-0.39, 0.29) is 23.5 Å². The molecule has 2 rings (SSSR count). The Balaban J connectivity index is 2.47. The van der Waals surface area contributed by atoms with Crippen LogP contribution >= 0.6 is 15.9 Å². The van der Waals surface area contributed by atoms with E-state index in [1.54, 1.807) is 6.92 Å². The summed E-state index contributed by atoms with van der Waals surface area (Å²) in [5, 5.41) is 18.5. The maximum atomic E-state index is 12.7. The first-order valence-corrected chi connectivity index (χ1v) is 8.68. The van der Waals surface area contributed by atoms with Gasteiger partial charge in [-0.2, -0.15) is 4.31 Å². The molecule has 1 aliphatic heterocycles. The fourth-order valence-electron chi connectivity index (χ4n) is 2.27. The van der Waals surface area contributed by atoms with Crippen LogP contribution in [0.25, 0.3) is 0 Å². The summed E-state index contributed by atoms with van der Waals surface area (Å²) in [5.41, 5.74) is 0.397. The molecule has 0 amide bonds. The Kier molecular flexibility index (Phi) is 4.72. The number of aromatic carboxylic acids is 1. The highest BCUT2D eigenvalue weighted by molar-refractivity contribution is 9.10. The fraction of sp³-hybridized carbons (Fsp3) is 0.462. The lowest BCUT2D eigenvalue weighted by Gasteiger charge is -2.29. The Morgan fingerprint density at radius 2 is 1.90 bits per heavy atom. The van der Waals surface area contributed by atoms with E-state index in [1.807, 2.05) is 0 Å². The molecule has 6 nitrogen and oxygen atoms in total. The summed E-state index contributed by atoms with van der Waals surface area (Å²) in [6.45, 7) is 2.09. The first-order chi connectivity index (χ1) is 9.73. The number of carbonyl (C=O) groups is 1. The Morgan fingerprint density at radius 1 is 1.33 bits per heavy atom. The summed E-state index contributed by atoms with van der Waals surface area (Å²) < 4.78 is 27.1. The topological polar surface area (TPSA) is 94.9 Å². The van der Waals surface area contributed by atoms with Gasteiger partial charge in [-0.15, -0.1) is 0 Å². The van der Waals surface area contributed by atoms with E-state index in [2.05, 4.69) is 15.9 Å². The Morgan fingerprint density at radius 3 is 2.43 bits per heavy atom. The Labute approximate surface area is 131 Å². The van der Waals surface area contributed by atoms with Gasteiger partial charge in [-0.1, -0.05) is 15.9 Å². The van der Waals surface area contributed by atoms with Crippen LogP contribution in [0.15, 0.2) is 21.5 Å². The van der Waals surface area contributed by atoms with Gasteiger partial charge in [-0.3, -0.25) is 0 Å². The minimum absolute atomic E-state index is 0.00864. The highest BCUT2D eigenvalue weighted by Gasteiger charge is 2.31. The van der Waals surface area contributed by atoms with E-state index in [0.29, 0.717) is 22.9 Å². The monoisotopic (exact) mass is 377 g/mol. The highest BCUT2D eigenvalue weighted by Crippen LogP contribution is 2.29. The van der Waals surface area contributed by atoms with Gasteiger partial charge in [0.25, 0.3) is 0 Å². The minimum atomic E-state index is -3.77. The van der Waals surface area contributed by atoms with Crippen LogP contribution in [0, 0.1) is 6.92 Å². The zero-order chi connectivity index (χ0) is 15.8. The van der Waals surface area contributed by atoms with Crippen molar-refractivity contribution in [3.05, 3.63) is 27.7 Å². The quantitative estimate of drug-likeness (QED) is 0.833. The number of sulfonamides is 1. The van der Waals surface area contributed by atoms with Crippen molar-refractivity contribution in [2.45, 2.75) is 30.8 Å². The average Bonchev–Trinajstić information content (AvgIpc) is 2.41. The van der Waals surface area contributed by atoms with Gasteiger partial charge in [-0.25, -0.2) is 13.2 Å². The van der Waals surface area contributed by atoms with Crippen molar-refractivity contribution in [1.82, 2.24) is 4.31 Å². The summed E-state index contributed by atoms with van der Waals surface area (Å²) in [6, 6.07) is 2.57. The third kappa shape index (κ3) is 3.28. The van der Waals surface area contributed by atoms with E-state index in [0.717, 1.165) is 0 Å². The largest absolute Gasteiger partial charge is 0.478 e. The van der Waals surface area contributed by atoms with Crippen molar-refractivity contribution in [3.8, 4) is 0 Å². The molecule has 1 saturated heterocycles. The number of halogens is 1. The van der Waals surface area contributed by atoms with Crippen LogP contribution in [0.2, 0.25) is 0 Å². The number of nitrogens with zero attached hydrogens (tertiary/aromatic N) is 1. The average molecular weight is 378 g/mol. The number of hydrogen-bond acceptors (Lipinski definition) is 4. The van der Waals surface area contributed by atoms with Crippen molar-refractivity contribution >= 4 is 31.9 Å². The van der Waals surface area contributed by atoms with Gasteiger partial charge < -0.3 is 10.2 Å². The number of hydrogen-bond donors (Lipinski definition) is 2. The summed E-state index contributed by atoms with van der Waals surface area (Å²) in [6.07, 6.45) is 0.297. The van der Waals surface area contributed by atoms with E-state index < -0.39 is 22.1 Å². The molecule has 21 heavy (non-hydrogen) atoms. The maximum Gasteiger partial charge on any atom is 0.335 e. The maximum absolute atomic E-state index is 12.7. The van der Waals surface area contributed by atoms with Crippen LogP contribution in [0.5, 0.6) is 0 Å². The van der Waals surface area contributed by atoms with Gasteiger partial charge in [0.05, 0.1) is 16.6 Å². The Hall–Kier alpha value is -0.960. The molecule has 1 fully saturated rings. The number of carboxylic acid groups (broad SMARTS) is 1. The molecule has 0 aliphatic carbocycles. The molecule has 1 aromatic carbocycles. The van der Waals surface area contributed by atoms with E-state index in [4.69, 9.17) is 5.11 Å². The van der Waals surface area contributed by atoms with Crippen LogP contribution in [-0.2, 0) is 10.0 Å². The van der Waals surface area contributed by atoms with Gasteiger partial charge in [0.1, 0.15) is 0 Å². The Bertz CT molecular complexity index is 665. The number of carboxylic acids is 1. The third-order valence-corrected chi connectivity index (χ3v) is 6.43. The summed E-state index contributed by atoms with van der Waals surface area (Å²) in [4.78, 5) is 11.1. The van der Waals surface area contributed by atoms with Crippen molar-refractivity contribution in [1.29, 1.82) is 0 Å². The van der Waals surface area contributed by atoms with Gasteiger partial charge in [-0.05, 0) is 37.5 Å². The second-order valence-corrected chi connectivity index (χ2v) is 7.78. The normalized spacial score (nSPS) is 17.9. The standard InChI is InChI=1S/C13H16BrNO5S/c1-8-11(14)6-9(13(17)18)7-12(8)21(19,20)15-4-2-10(16)3-5-15/h6-7,10,16H,2-5H2,1H3,(H,17,18). The van der Waals surface area contributed by atoms with Gasteiger partial charge >= 0.3 is 5.97 Å². The molecule has 1 aromatic rings. The van der Waals surface area contributed by atoms with Crippen LogP contribution in [0.4, 0.5) is 0 Å². The third-order valence-electron chi connectivity index (χ3n) is 3.58. The van der Waals surface area contributed by atoms with Gasteiger partial charge in [0, 0.05) is 17.6 Å². The number of piperidine rings is 1. The number of aliphatic hydroxyl groups excluding tert-OH is 1. The molecule has 0 atom stereocenters. The molecule has 1 aliphatic rings. The smallest absolute Gasteiger partial charge is 0.335 e. The van der Waals surface area contributed by atoms with Gasteiger partial charge in [0.2, 0.25) is 10.0 Å². The molecule has 2 N–H and O–H groups in total. The zero-order valence-corrected chi connectivity index (χ0v) is 13.8. The first kappa shape index (κ1) is 16.4. The summed E-state index contributed by atoms with van der Waals surface area (Å²) >= 11 is 3.20. The molecular weight excluding hydrogens is 362 g/mol. The molecule has 0 bridgehead atoms. The van der Waals surface area contributed by atoms with E-state index in [1.165, 1.54) is 16.4 Å². The van der Waals surface area contributed by atoms with Crippen LogP contribution in [-0.4, -0.2) is 48.1 Å². The summed E-state index contributed by atoms with van der Waals surface area (Å²) in [5.74, 6) is -1.18. The van der Waals surface area contributed by atoms with E-state index >= 15 is 0 Å². The predicted molar refractivity (Wildman–Crippen MR) is 79.8 cm³/mol. The SMILES string of the molecule is Cc1c(Br)cc(C(=O)O)cc1S(=O)(=O)N1CCC(O)CC1. The van der Waals surface area contributed by atoms with Gasteiger partial charge in [0.15, 0.2) is 0 Å². The molecule has 0 saturated carbocycles. The van der Waals surface area contributed by atoms with Crippen LogP contribution in [0.1, 0.15) is 28.8 Å². The lowest BCUT2D eigenvalue weighted by atomic mass is 10.1. The molecule has 0 unspecified atom stereocenters. The van der Waals surface area contributed by atoms with Crippen molar-refractivity contribution in [3.63, 3.8) is 0 Å². The minimum Gasteiger partial charge on any atom is -0.478 e. The highest BCUT2D eigenvalue weighted by atomic mass is 79.9. The second kappa shape index (κ2) is 6.04. The van der Waals surface area contributed by atoms with Crippen LogP contribution in [0.3, 0.4) is 0 Å². The van der Waals surface area contributed by atoms with E-state index in [9.17, 15) is 18.3 Å². The van der Waals surface area contributed by atoms with Crippen molar-refractivity contribution < 1.29 is 23.4 Å². The molecule has 116 valence electrons. The molecule has 0 aromatic heterocycles. The molecule has 1 heterocycles. The molecule has 0 spiro atoms. The number of rotatable bonds is 3. The first-order valence-electron chi connectivity index (χ1n) is 6.45. The van der Waals surface area contributed by atoms with Crippen molar-refractivity contribution in [2.75, 3.05) is 13.1 Å². The number of aliphatic hydroxyl groups is 1. The second-order valence-electron chi connectivity index (χ2n) is 5.02. The lowest BCUT2D eigenvalue weighted by molar-refractivity contribution is 0.0696. The zero-order valence-electron chi connectivity index (χ0n) is 11.4. The number of benzene rings is 1. The molecule has 0 radical (unpaired) electrons. The summed E-state index contributed by atoms with van der Waals surface area (Å²) in [7, 11) is -3.77. The molecule has 8 heteroatoms. The lowest BCUT2D eigenvalue weighted by Crippen LogP contribution is -2.40. The molecular formula is C13H16BrNO5S.